The highest BCUT2D eigenvalue weighted by molar-refractivity contribution is 7.13. The molecule has 0 saturated carbocycles. The Bertz CT molecular complexity index is 1100. The van der Waals surface area contributed by atoms with Crippen LogP contribution in [0.4, 0.5) is 0 Å². The van der Waals surface area contributed by atoms with Crippen LogP contribution in [0.5, 0.6) is 23.0 Å². The molecule has 1 aliphatic rings. The van der Waals surface area contributed by atoms with Crippen molar-refractivity contribution in [1.29, 1.82) is 0 Å². The molecule has 0 spiro atoms. The summed E-state index contributed by atoms with van der Waals surface area (Å²) in [5, 5.41) is 3.05. The highest BCUT2D eigenvalue weighted by atomic mass is 35.5. The Labute approximate surface area is 188 Å². The van der Waals surface area contributed by atoms with Crippen LogP contribution in [0.3, 0.4) is 0 Å². The number of thiazole rings is 1. The fourth-order valence-electron chi connectivity index (χ4n) is 3.10. The van der Waals surface area contributed by atoms with Crippen molar-refractivity contribution < 1.29 is 28.5 Å². The zero-order valence-corrected chi connectivity index (χ0v) is 18.5. The standard InChI is InChI=1S/C22H20ClNO6S/c1-26-17-4-3-14(9-18(17)27-2)22-24-15(12-31-22)10-20(25)30-11-13-7-16(23)21-19(8-13)28-5-6-29-21/h3-4,7-9,12H,5-6,10-11H2,1-2H3. The van der Waals surface area contributed by atoms with Crippen LogP contribution in [0, 0.1) is 0 Å². The molecule has 0 radical (unpaired) electrons. The van der Waals surface area contributed by atoms with E-state index >= 15 is 0 Å². The summed E-state index contributed by atoms with van der Waals surface area (Å²) in [5.41, 5.74) is 2.25. The van der Waals surface area contributed by atoms with Gasteiger partial charge in [-0.15, -0.1) is 11.3 Å². The monoisotopic (exact) mass is 461 g/mol. The van der Waals surface area contributed by atoms with E-state index < -0.39 is 0 Å². The average Bonchev–Trinajstić information content (AvgIpc) is 3.25. The number of halogens is 1. The van der Waals surface area contributed by atoms with Crippen molar-refractivity contribution in [1.82, 2.24) is 4.98 Å². The molecule has 0 aliphatic carbocycles. The lowest BCUT2D eigenvalue weighted by molar-refractivity contribution is -0.144. The van der Waals surface area contributed by atoms with Gasteiger partial charge in [-0.05, 0) is 35.9 Å². The van der Waals surface area contributed by atoms with E-state index in [1.165, 1.54) is 11.3 Å². The highest BCUT2D eigenvalue weighted by Crippen LogP contribution is 2.38. The molecule has 0 atom stereocenters. The Morgan fingerprint density at radius 2 is 1.94 bits per heavy atom. The van der Waals surface area contributed by atoms with Crippen LogP contribution in [0.2, 0.25) is 5.02 Å². The number of nitrogens with zero attached hydrogens (tertiary/aromatic N) is 1. The van der Waals surface area contributed by atoms with Crippen LogP contribution in [0.15, 0.2) is 35.7 Å². The first-order valence-corrected chi connectivity index (χ1v) is 10.7. The van der Waals surface area contributed by atoms with E-state index in [4.69, 9.17) is 35.3 Å². The predicted octanol–water partition coefficient (Wildman–Crippen LogP) is 4.54. The molecule has 7 nitrogen and oxygen atoms in total. The Morgan fingerprint density at radius 3 is 2.74 bits per heavy atom. The third-order valence-electron chi connectivity index (χ3n) is 4.56. The SMILES string of the molecule is COc1ccc(-c2nc(CC(=O)OCc3cc(Cl)c4c(c3)OCCO4)cs2)cc1OC. The van der Waals surface area contributed by atoms with Crippen molar-refractivity contribution >= 4 is 28.9 Å². The number of carbonyl (C=O) groups excluding carboxylic acids is 1. The summed E-state index contributed by atoms with van der Waals surface area (Å²) in [7, 11) is 3.17. The summed E-state index contributed by atoms with van der Waals surface area (Å²) in [6, 6.07) is 9.05. The summed E-state index contributed by atoms with van der Waals surface area (Å²) >= 11 is 7.67. The molecule has 162 valence electrons. The normalized spacial score (nSPS) is 12.4. The van der Waals surface area contributed by atoms with Crippen LogP contribution in [-0.4, -0.2) is 38.4 Å². The molecule has 4 rings (SSSR count). The number of ether oxygens (including phenoxy) is 5. The van der Waals surface area contributed by atoms with Crippen molar-refractivity contribution in [3.63, 3.8) is 0 Å². The van der Waals surface area contributed by atoms with E-state index in [1.807, 2.05) is 23.6 Å². The minimum Gasteiger partial charge on any atom is -0.493 e. The Hall–Kier alpha value is -2.97. The highest BCUT2D eigenvalue weighted by Gasteiger charge is 2.18. The Kier molecular flexibility index (Phi) is 6.48. The molecule has 0 saturated heterocycles. The van der Waals surface area contributed by atoms with E-state index in [-0.39, 0.29) is 19.0 Å². The molecule has 1 aromatic heterocycles. The van der Waals surface area contributed by atoms with Crippen LogP contribution in [0.25, 0.3) is 10.6 Å². The lowest BCUT2D eigenvalue weighted by Crippen LogP contribution is -2.16. The van der Waals surface area contributed by atoms with Crippen molar-refractivity contribution in [2.45, 2.75) is 13.0 Å². The van der Waals surface area contributed by atoms with Gasteiger partial charge in [0.25, 0.3) is 0 Å². The van der Waals surface area contributed by atoms with Crippen molar-refractivity contribution in [2.75, 3.05) is 27.4 Å². The van der Waals surface area contributed by atoms with Gasteiger partial charge in [0.15, 0.2) is 23.0 Å². The zero-order valence-electron chi connectivity index (χ0n) is 17.0. The molecule has 0 unspecified atom stereocenters. The quantitative estimate of drug-likeness (QED) is 0.478. The molecular weight excluding hydrogens is 442 g/mol. The predicted molar refractivity (Wildman–Crippen MR) is 117 cm³/mol. The summed E-state index contributed by atoms with van der Waals surface area (Å²) < 4.78 is 27.0. The number of methoxy groups -OCH3 is 2. The molecule has 0 N–H and O–H groups in total. The summed E-state index contributed by atoms with van der Waals surface area (Å²) in [5.74, 6) is 1.97. The number of fused-ring (bicyclic) bond motifs is 1. The molecule has 3 aromatic rings. The maximum absolute atomic E-state index is 12.3. The minimum atomic E-state index is -0.379. The van der Waals surface area contributed by atoms with Gasteiger partial charge in [0.2, 0.25) is 0 Å². The summed E-state index contributed by atoms with van der Waals surface area (Å²) in [4.78, 5) is 16.8. The number of hydrogen-bond donors (Lipinski definition) is 0. The lowest BCUT2D eigenvalue weighted by atomic mass is 10.2. The molecule has 0 bridgehead atoms. The van der Waals surface area contributed by atoms with Gasteiger partial charge in [0.1, 0.15) is 24.8 Å². The van der Waals surface area contributed by atoms with Crippen molar-refractivity contribution in [3.05, 3.63) is 52.0 Å². The second-order valence-corrected chi connectivity index (χ2v) is 7.92. The average molecular weight is 462 g/mol. The zero-order chi connectivity index (χ0) is 21.8. The largest absolute Gasteiger partial charge is 0.493 e. The second-order valence-electron chi connectivity index (χ2n) is 6.65. The summed E-state index contributed by atoms with van der Waals surface area (Å²) in [6.07, 6.45) is 0.0715. The van der Waals surface area contributed by atoms with Crippen LogP contribution in [-0.2, 0) is 22.6 Å². The maximum Gasteiger partial charge on any atom is 0.312 e. The van der Waals surface area contributed by atoms with Crippen LogP contribution < -0.4 is 18.9 Å². The first kappa shape index (κ1) is 21.3. The number of benzene rings is 2. The maximum atomic E-state index is 12.3. The second kappa shape index (κ2) is 9.45. The van der Waals surface area contributed by atoms with Crippen molar-refractivity contribution in [2.24, 2.45) is 0 Å². The first-order chi connectivity index (χ1) is 15.1. The molecular formula is C22H20ClNO6S. The fraction of sp³-hybridized carbons (Fsp3) is 0.273. The third kappa shape index (κ3) is 4.86. The van der Waals surface area contributed by atoms with Gasteiger partial charge in [-0.25, -0.2) is 4.98 Å². The lowest BCUT2D eigenvalue weighted by Gasteiger charge is -2.20. The molecule has 2 heterocycles. The van der Waals surface area contributed by atoms with E-state index in [1.54, 1.807) is 26.4 Å². The smallest absolute Gasteiger partial charge is 0.312 e. The topological polar surface area (TPSA) is 76.1 Å². The van der Waals surface area contributed by atoms with Gasteiger partial charge in [0.05, 0.1) is 31.4 Å². The molecule has 0 amide bonds. The Balaban J connectivity index is 1.38. The van der Waals surface area contributed by atoms with E-state index in [0.29, 0.717) is 46.9 Å². The van der Waals surface area contributed by atoms with E-state index in [9.17, 15) is 4.79 Å². The van der Waals surface area contributed by atoms with Gasteiger partial charge in [0, 0.05) is 10.9 Å². The van der Waals surface area contributed by atoms with E-state index in [0.717, 1.165) is 16.1 Å². The number of rotatable bonds is 7. The van der Waals surface area contributed by atoms with Gasteiger partial charge in [-0.2, -0.15) is 0 Å². The minimum absolute atomic E-state index is 0.0715. The number of carbonyl (C=O) groups is 1. The van der Waals surface area contributed by atoms with E-state index in [2.05, 4.69) is 4.98 Å². The molecule has 31 heavy (non-hydrogen) atoms. The first-order valence-electron chi connectivity index (χ1n) is 9.48. The molecule has 1 aliphatic heterocycles. The number of hydrogen-bond acceptors (Lipinski definition) is 8. The van der Waals surface area contributed by atoms with Crippen LogP contribution >= 0.6 is 22.9 Å². The summed E-state index contributed by atoms with van der Waals surface area (Å²) in [6.45, 7) is 1.00. The number of aromatic nitrogens is 1. The fourth-order valence-corrected chi connectivity index (χ4v) is 4.20. The Morgan fingerprint density at radius 1 is 1.13 bits per heavy atom. The van der Waals surface area contributed by atoms with Crippen LogP contribution in [0.1, 0.15) is 11.3 Å². The third-order valence-corrected chi connectivity index (χ3v) is 5.79. The molecule has 2 aromatic carbocycles. The van der Waals surface area contributed by atoms with Gasteiger partial charge in [-0.1, -0.05) is 11.6 Å². The van der Waals surface area contributed by atoms with Gasteiger partial charge in [-0.3, -0.25) is 4.79 Å². The molecule has 0 fully saturated rings. The van der Waals surface area contributed by atoms with Gasteiger partial charge < -0.3 is 23.7 Å². The molecule has 9 heteroatoms. The number of esters is 1. The van der Waals surface area contributed by atoms with Crippen molar-refractivity contribution in [3.8, 4) is 33.6 Å². The van der Waals surface area contributed by atoms with Gasteiger partial charge >= 0.3 is 5.97 Å².